The van der Waals surface area contributed by atoms with Gasteiger partial charge in [0.2, 0.25) is 17.6 Å². The monoisotopic (exact) mass is 334 g/mol. The molecule has 1 amide bonds. The van der Waals surface area contributed by atoms with Crippen molar-refractivity contribution in [2.75, 3.05) is 0 Å². The van der Waals surface area contributed by atoms with Gasteiger partial charge in [0.05, 0.1) is 12.6 Å². The van der Waals surface area contributed by atoms with Crippen molar-refractivity contribution in [2.24, 2.45) is 5.73 Å². The minimum Gasteiger partial charge on any atom is -0.368 e. The fourth-order valence-corrected chi connectivity index (χ4v) is 3.22. The lowest BCUT2D eigenvalue weighted by molar-refractivity contribution is -0.124. The average molecular weight is 334 g/mol. The van der Waals surface area contributed by atoms with Gasteiger partial charge in [-0.2, -0.15) is 4.98 Å². The molecule has 0 spiro atoms. The van der Waals surface area contributed by atoms with Crippen LogP contribution in [0, 0.1) is 0 Å². The van der Waals surface area contributed by atoms with Crippen molar-refractivity contribution in [2.45, 2.75) is 25.6 Å². The zero-order valence-corrected chi connectivity index (χ0v) is 13.6. The molecule has 1 aliphatic rings. The van der Waals surface area contributed by atoms with Crippen LogP contribution in [0.2, 0.25) is 0 Å². The van der Waals surface area contributed by atoms with Crippen molar-refractivity contribution in [3.8, 4) is 11.4 Å². The van der Waals surface area contributed by atoms with Gasteiger partial charge in [0, 0.05) is 12.1 Å². The van der Waals surface area contributed by atoms with E-state index in [2.05, 4.69) is 16.2 Å². The maximum absolute atomic E-state index is 11.9. The van der Waals surface area contributed by atoms with Crippen molar-refractivity contribution in [3.63, 3.8) is 0 Å². The Morgan fingerprint density at radius 3 is 2.60 bits per heavy atom. The Hall–Kier alpha value is -2.99. The molecule has 0 saturated carbocycles. The fourth-order valence-electron chi connectivity index (χ4n) is 3.22. The van der Waals surface area contributed by atoms with Crippen LogP contribution in [0.25, 0.3) is 11.4 Å². The molecule has 1 aromatic heterocycles. The summed E-state index contributed by atoms with van der Waals surface area (Å²) in [4.78, 5) is 18.4. The summed E-state index contributed by atoms with van der Waals surface area (Å²) in [6.07, 6.45) is 0.602. The fraction of sp³-hybridized carbons (Fsp3) is 0.211. The van der Waals surface area contributed by atoms with Gasteiger partial charge >= 0.3 is 0 Å². The molecule has 0 aliphatic carbocycles. The Morgan fingerprint density at radius 2 is 1.84 bits per heavy atom. The van der Waals surface area contributed by atoms with Crippen molar-refractivity contribution >= 4 is 5.91 Å². The lowest BCUT2D eigenvalue weighted by Crippen LogP contribution is -2.48. The van der Waals surface area contributed by atoms with Gasteiger partial charge < -0.3 is 10.3 Å². The molecule has 2 N–H and O–H groups in total. The van der Waals surface area contributed by atoms with Gasteiger partial charge in [-0.3, -0.25) is 9.69 Å². The van der Waals surface area contributed by atoms with E-state index in [4.69, 9.17) is 10.3 Å². The number of hydrogen-bond acceptors (Lipinski definition) is 5. The first-order valence-electron chi connectivity index (χ1n) is 8.19. The molecular weight excluding hydrogens is 316 g/mol. The first-order chi connectivity index (χ1) is 12.2. The largest absolute Gasteiger partial charge is 0.368 e. The maximum Gasteiger partial charge on any atom is 0.241 e. The summed E-state index contributed by atoms with van der Waals surface area (Å²) in [7, 11) is 0. The summed E-state index contributed by atoms with van der Waals surface area (Å²) in [5, 5.41) is 4.04. The molecule has 2 heterocycles. The molecule has 2 aromatic carbocycles. The third kappa shape index (κ3) is 3.16. The highest BCUT2D eigenvalue weighted by Gasteiger charge is 2.31. The number of primary amides is 1. The molecule has 1 aliphatic heterocycles. The quantitative estimate of drug-likeness (QED) is 0.790. The number of aromatic nitrogens is 2. The van der Waals surface area contributed by atoms with Crippen molar-refractivity contribution in [1.82, 2.24) is 15.0 Å². The van der Waals surface area contributed by atoms with Crippen LogP contribution in [0.5, 0.6) is 0 Å². The molecule has 0 radical (unpaired) electrons. The predicted molar refractivity (Wildman–Crippen MR) is 92.1 cm³/mol. The van der Waals surface area contributed by atoms with E-state index in [1.54, 1.807) is 0 Å². The van der Waals surface area contributed by atoms with Crippen molar-refractivity contribution in [3.05, 3.63) is 71.6 Å². The van der Waals surface area contributed by atoms with E-state index in [-0.39, 0.29) is 11.9 Å². The molecule has 1 unspecified atom stereocenters. The lowest BCUT2D eigenvalue weighted by atomic mass is 9.93. The molecule has 0 fully saturated rings. The summed E-state index contributed by atoms with van der Waals surface area (Å²) in [6.45, 7) is 1.02. The number of carbonyl (C=O) groups is 1. The second-order valence-corrected chi connectivity index (χ2v) is 6.17. The van der Waals surface area contributed by atoms with Crippen LogP contribution in [-0.4, -0.2) is 27.0 Å². The number of nitrogens with zero attached hydrogens (tertiary/aromatic N) is 3. The van der Waals surface area contributed by atoms with E-state index in [0.717, 1.165) is 11.1 Å². The van der Waals surface area contributed by atoms with Crippen LogP contribution in [0.4, 0.5) is 0 Å². The molecule has 1 atom stereocenters. The summed E-state index contributed by atoms with van der Waals surface area (Å²) in [5.74, 6) is 0.686. The molecule has 25 heavy (non-hydrogen) atoms. The lowest BCUT2D eigenvalue weighted by Gasteiger charge is -2.33. The van der Waals surface area contributed by atoms with Crippen LogP contribution in [0.15, 0.2) is 59.1 Å². The topological polar surface area (TPSA) is 85.3 Å². The summed E-state index contributed by atoms with van der Waals surface area (Å²) in [6, 6.07) is 17.4. The summed E-state index contributed by atoms with van der Waals surface area (Å²) < 4.78 is 5.38. The van der Waals surface area contributed by atoms with Gasteiger partial charge in [-0.15, -0.1) is 0 Å². The Bertz CT molecular complexity index is 891. The van der Waals surface area contributed by atoms with Crippen LogP contribution in [0.3, 0.4) is 0 Å². The Balaban J connectivity index is 1.57. The van der Waals surface area contributed by atoms with Crippen molar-refractivity contribution in [1.29, 1.82) is 0 Å². The number of rotatable bonds is 4. The third-order valence-electron chi connectivity index (χ3n) is 4.51. The number of fused-ring (bicyclic) bond motifs is 1. The Kier molecular flexibility index (Phi) is 4.03. The second kappa shape index (κ2) is 6.49. The molecule has 3 aromatic rings. The molecule has 4 rings (SSSR count). The first kappa shape index (κ1) is 15.5. The molecular formula is C19H18N4O2. The first-order valence-corrected chi connectivity index (χ1v) is 8.19. The maximum atomic E-state index is 11.9. The Labute approximate surface area is 145 Å². The van der Waals surface area contributed by atoms with Gasteiger partial charge in [-0.1, -0.05) is 59.8 Å². The van der Waals surface area contributed by atoms with E-state index in [1.165, 1.54) is 5.56 Å². The zero-order valence-electron chi connectivity index (χ0n) is 13.6. The highest BCUT2D eigenvalue weighted by atomic mass is 16.5. The van der Waals surface area contributed by atoms with Gasteiger partial charge in [-0.25, -0.2) is 0 Å². The van der Waals surface area contributed by atoms with Crippen LogP contribution in [0.1, 0.15) is 17.0 Å². The molecule has 0 saturated heterocycles. The SMILES string of the molecule is NC(=O)C1Cc2ccccc2CN1Cc1nc(-c2ccccc2)no1. The Morgan fingerprint density at radius 1 is 1.12 bits per heavy atom. The standard InChI is InChI=1S/C19H18N4O2/c20-18(24)16-10-14-8-4-5-9-15(14)11-23(16)12-17-21-19(22-25-17)13-6-2-1-3-7-13/h1-9,16H,10-12H2,(H2,20,24). The van der Waals surface area contributed by atoms with E-state index in [9.17, 15) is 4.79 Å². The highest BCUT2D eigenvalue weighted by Crippen LogP contribution is 2.25. The van der Waals surface area contributed by atoms with Gasteiger partial charge in [0.15, 0.2) is 0 Å². The molecule has 126 valence electrons. The summed E-state index contributed by atoms with van der Waals surface area (Å²) in [5.41, 5.74) is 8.88. The van der Waals surface area contributed by atoms with E-state index in [0.29, 0.717) is 31.2 Å². The summed E-state index contributed by atoms with van der Waals surface area (Å²) >= 11 is 0. The molecule has 0 bridgehead atoms. The normalized spacial score (nSPS) is 17.2. The van der Waals surface area contributed by atoms with Gasteiger partial charge in [0.25, 0.3) is 0 Å². The highest BCUT2D eigenvalue weighted by molar-refractivity contribution is 5.80. The van der Waals surface area contributed by atoms with Gasteiger partial charge in [0.1, 0.15) is 0 Å². The minimum absolute atomic E-state index is 0.336. The molecule has 6 nitrogen and oxygen atoms in total. The number of amides is 1. The third-order valence-corrected chi connectivity index (χ3v) is 4.51. The van der Waals surface area contributed by atoms with E-state index in [1.807, 2.05) is 53.4 Å². The number of benzene rings is 2. The number of hydrogen-bond donors (Lipinski definition) is 1. The minimum atomic E-state index is -0.373. The smallest absolute Gasteiger partial charge is 0.241 e. The van der Waals surface area contributed by atoms with E-state index >= 15 is 0 Å². The van der Waals surface area contributed by atoms with Crippen LogP contribution < -0.4 is 5.73 Å². The number of nitrogens with two attached hydrogens (primary N) is 1. The molecule has 6 heteroatoms. The van der Waals surface area contributed by atoms with Crippen molar-refractivity contribution < 1.29 is 9.32 Å². The predicted octanol–water partition coefficient (Wildman–Crippen LogP) is 2.15. The number of carbonyl (C=O) groups excluding carboxylic acids is 1. The average Bonchev–Trinajstić information content (AvgIpc) is 3.10. The zero-order chi connectivity index (χ0) is 17.2. The van der Waals surface area contributed by atoms with Crippen LogP contribution >= 0.6 is 0 Å². The van der Waals surface area contributed by atoms with E-state index < -0.39 is 0 Å². The second-order valence-electron chi connectivity index (χ2n) is 6.17. The van der Waals surface area contributed by atoms with Gasteiger partial charge in [-0.05, 0) is 17.5 Å². The van der Waals surface area contributed by atoms with Crippen LogP contribution in [-0.2, 0) is 24.3 Å².